The lowest BCUT2D eigenvalue weighted by Crippen LogP contribution is -2.20. The second-order valence-electron chi connectivity index (χ2n) is 6.67. The van der Waals surface area contributed by atoms with Crippen molar-refractivity contribution in [3.63, 3.8) is 0 Å². The maximum absolute atomic E-state index is 12.6. The van der Waals surface area contributed by atoms with Crippen molar-refractivity contribution >= 4 is 38.9 Å². The van der Waals surface area contributed by atoms with E-state index in [1.807, 2.05) is 0 Å². The van der Waals surface area contributed by atoms with Gasteiger partial charge in [0.05, 0.1) is 4.90 Å². The molecule has 2 aromatic rings. The molecule has 1 amide bonds. The van der Waals surface area contributed by atoms with Crippen molar-refractivity contribution in [1.82, 2.24) is 5.43 Å². The van der Waals surface area contributed by atoms with E-state index in [0.29, 0.717) is 10.7 Å². The van der Waals surface area contributed by atoms with Crippen LogP contribution in [0.5, 0.6) is 0 Å². The van der Waals surface area contributed by atoms with Crippen molar-refractivity contribution in [3.8, 4) is 0 Å². The Kier molecular flexibility index (Phi) is 6.70. The highest BCUT2D eigenvalue weighted by atomic mass is 35.5. The summed E-state index contributed by atoms with van der Waals surface area (Å²) in [6, 6.07) is 12.2. The summed E-state index contributed by atoms with van der Waals surface area (Å²) in [6.07, 6.45) is 6.32. The highest BCUT2D eigenvalue weighted by molar-refractivity contribution is 7.92. The zero-order chi connectivity index (χ0) is 20.0. The summed E-state index contributed by atoms with van der Waals surface area (Å²) in [4.78, 5) is 12.4. The summed E-state index contributed by atoms with van der Waals surface area (Å²) >= 11 is 5.82. The van der Waals surface area contributed by atoms with Crippen molar-refractivity contribution < 1.29 is 13.2 Å². The molecule has 0 heterocycles. The normalized spacial score (nSPS) is 14.8. The number of anilines is 1. The van der Waals surface area contributed by atoms with Crippen LogP contribution in [-0.4, -0.2) is 20.0 Å². The monoisotopic (exact) mass is 419 g/mol. The quantitative estimate of drug-likeness (QED) is 0.549. The zero-order valence-electron chi connectivity index (χ0n) is 15.3. The Bertz CT molecular complexity index is 962. The molecule has 0 atom stereocenters. The van der Waals surface area contributed by atoms with Gasteiger partial charge in [0.2, 0.25) is 0 Å². The molecule has 6 nitrogen and oxygen atoms in total. The number of halogens is 1. The lowest BCUT2D eigenvalue weighted by molar-refractivity contribution is 0.0954. The van der Waals surface area contributed by atoms with Crippen LogP contribution >= 0.6 is 11.6 Å². The van der Waals surface area contributed by atoms with Crippen LogP contribution in [-0.2, 0) is 10.0 Å². The summed E-state index contributed by atoms with van der Waals surface area (Å²) in [5, 5.41) is 4.74. The topological polar surface area (TPSA) is 87.6 Å². The number of rotatable bonds is 5. The first-order valence-corrected chi connectivity index (χ1v) is 11.0. The van der Waals surface area contributed by atoms with Crippen molar-refractivity contribution in [1.29, 1.82) is 0 Å². The summed E-state index contributed by atoms with van der Waals surface area (Å²) < 4.78 is 27.7. The Morgan fingerprint density at radius 2 is 1.64 bits per heavy atom. The third-order valence-electron chi connectivity index (χ3n) is 4.50. The molecular formula is C20H22ClN3O3S. The highest BCUT2D eigenvalue weighted by Gasteiger charge is 2.17. The standard InChI is InChI=1S/C20H22ClN3O3S/c21-16-10-12-18(13-11-16)24-28(26,27)19-9-5-6-15(14-19)20(25)23-22-17-7-3-1-2-4-8-17/h5-6,9-14,24H,1-4,7-8H2,(H,23,25). The van der Waals surface area contributed by atoms with Crippen LogP contribution in [0.25, 0.3) is 0 Å². The number of hydrogen-bond acceptors (Lipinski definition) is 4. The smallest absolute Gasteiger partial charge is 0.271 e. The first-order valence-electron chi connectivity index (χ1n) is 9.18. The fourth-order valence-electron chi connectivity index (χ4n) is 2.98. The number of nitrogens with zero attached hydrogens (tertiary/aromatic N) is 1. The SMILES string of the molecule is O=C(NN=C1CCCCCC1)c1cccc(S(=O)(=O)Nc2ccc(Cl)cc2)c1. The summed E-state index contributed by atoms with van der Waals surface area (Å²) in [5.41, 5.74) is 4.16. The predicted molar refractivity (Wildman–Crippen MR) is 111 cm³/mol. The van der Waals surface area contributed by atoms with Gasteiger partial charge in [-0.25, -0.2) is 13.8 Å². The number of amides is 1. The molecule has 0 spiro atoms. The Hall–Kier alpha value is -2.38. The molecule has 2 aromatic carbocycles. The maximum atomic E-state index is 12.6. The van der Waals surface area contributed by atoms with E-state index in [9.17, 15) is 13.2 Å². The molecule has 0 aliphatic heterocycles. The van der Waals surface area contributed by atoms with Crippen molar-refractivity contribution in [3.05, 3.63) is 59.1 Å². The zero-order valence-corrected chi connectivity index (χ0v) is 16.9. The van der Waals surface area contributed by atoms with Gasteiger partial charge in [-0.05, 0) is 68.1 Å². The Labute approximate surface area is 170 Å². The van der Waals surface area contributed by atoms with Crippen LogP contribution in [0.15, 0.2) is 58.5 Å². The van der Waals surface area contributed by atoms with E-state index < -0.39 is 15.9 Å². The number of nitrogens with one attached hydrogen (secondary N) is 2. The largest absolute Gasteiger partial charge is 0.280 e. The molecule has 1 fully saturated rings. The molecule has 0 saturated heterocycles. The lowest BCUT2D eigenvalue weighted by atomic mass is 10.2. The molecule has 1 saturated carbocycles. The number of carbonyl (C=O) groups excluding carboxylic acids is 1. The molecule has 0 bridgehead atoms. The molecular weight excluding hydrogens is 398 g/mol. The van der Waals surface area contributed by atoms with Crippen molar-refractivity contribution in [2.45, 2.75) is 43.4 Å². The minimum Gasteiger partial charge on any atom is -0.280 e. The fourth-order valence-corrected chi connectivity index (χ4v) is 4.21. The molecule has 0 radical (unpaired) electrons. The van der Waals surface area contributed by atoms with Gasteiger partial charge >= 0.3 is 0 Å². The lowest BCUT2D eigenvalue weighted by Gasteiger charge is -2.09. The molecule has 2 N–H and O–H groups in total. The molecule has 1 aliphatic rings. The van der Waals surface area contributed by atoms with Crippen LogP contribution in [0, 0.1) is 0 Å². The molecule has 1 aliphatic carbocycles. The number of hydrazone groups is 1. The van der Waals surface area contributed by atoms with Gasteiger partial charge in [0.25, 0.3) is 15.9 Å². The van der Waals surface area contributed by atoms with Crippen LogP contribution in [0.2, 0.25) is 5.02 Å². The predicted octanol–water partition coefficient (Wildman–Crippen LogP) is 4.58. The fraction of sp³-hybridized carbons (Fsp3) is 0.300. The Morgan fingerprint density at radius 1 is 0.964 bits per heavy atom. The van der Waals surface area contributed by atoms with Gasteiger partial charge in [-0.3, -0.25) is 9.52 Å². The molecule has 8 heteroatoms. The van der Waals surface area contributed by atoms with Crippen LogP contribution < -0.4 is 10.1 Å². The summed E-state index contributed by atoms with van der Waals surface area (Å²) in [6.45, 7) is 0. The van der Waals surface area contributed by atoms with E-state index >= 15 is 0 Å². The second-order valence-corrected chi connectivity index (χ2v) is 8.79. The van der Waals surface area contributed by atoms with Gasteiger partial charge in [0.15, 0.2) is 0 Å². The number of sulfonamides is 1. The van der Waals surface area contributed by atoms with Gasteiger partial charge in [-0.1, -0.05) is 30.5 Å². The van der Waals surface area contributed by atoms with Crippen molar-refractivity contribution in [2.24, 2.45) is 5.10 Å². The van der Waals surface area contributed by atoms with Gasteiger partial charge in [-0.2, -0.15) is 5.10 Å². The Morgan fingerprint density at radius 3 is 2.32 bits per heavy atom. The van der Waals surface area contributed by atoms with E-state index in [2.05, 4.69) is 15.2 Å². The minimum atomic E-state index is -3.83. The van der Waals surface area contributed by atoms with Crippen LogP contribution in [0.3, 0.4) is 0 Å². The van der Waals surface area contributed by atoms with Crippen LogP contribution in [0.4, 0.5) is 5.69 Å². The molecule has 28 heavy (non-hydrogen) atoms. The summed E-state index contributed by atoms with van der Waals surface area (Å²) in [5.74, 6) is -0.430. The van der Waals surface area contributed by atoms with Gasteiger partial charge in [0, 0.05) is 22.0 Å². The molecule has 148 valence electrons. The average Bonchev–Trinajstić information content (AvgIpc) is 2.97. The van der Waals surface area contributed by atoms with Crippen molar-refractivity contribution in [2.75, 3.05) is 4.72 Å². The molecule has 0 aromatic heterocycles. The third-order valence-corrected chi connectivity index (χ3v) is 6.13. The average molecular weight is 420 g/mol. The second kappa shape index (κ2) is 9.21. The molecule has 0 unspecified atom stereocenters. The summed E-state index contributed by atoms with van der Waals surface area (Å²) in [7, 11) is -3.83. The first kappa shape index (κ1) is 20.4. The third kappa shape index (κ3) is 5.56. The van der Waals surface area contributed by atoms with E-state index in [1.54, 1.807) is 30.3 Å². The van der Waals surface area contributed by atoms with Gasteiger partial charge < -0.3 is 0 Å². The van der Waals surface area contributed by atoms with E-state index in [-0.39, 0.29) is 10.5 Å². The molecule has 3 rings (SSSR count). The van der Waals surface area contributed by atoms with E-state index in [0.717, 1.165) is 31.4 Å². The Balaban J connectivity index is 1.72. The van der Waals surface area contributed by atoms with E-state index in [1.165, 1.54) is 31.0 Å². The van der Waals surface area contributed by atoms with Gasteiger partial charge in [-0.15, -0.1) is 0 Å². The van der Waals surface area contributed by atoms with E-state index in [4.69, 9.17) is 11.6 Å². The minimum absolute atomic E-state index is 0.00257. The highest BCUT2D eigenvalue weighted by Crippen LogP contribution is 2.19. The van der Waals surface area contributed by atoms with Crippen LogP contribution in [0.1, 0.15) is 48.9 Å². The number of carbonyl (C=O) groups is 1. The van der Waals surface area contributed by atoms with Gasteiger partial charge in [0.1, 0.15) is 0 Å². The number of benzene rings is 2. The maximum Gasteiger partial charge on any atom is 0.271 e. The number of hydrogen-bond donors (Lipinski definition) is 2. The first-order chi connectivity index (χ1) is 13.4.